The Kier molecular flexibility index (Phi) is 2.36. The topological polar surface area (TPSA) is 32.3 Å². The van der Waals surface area contributed by atoms with Gasteiger partial charge in [-0.3, -0.25) is 4.79 Å². The second kappa shape index (κ2) is 3.50. The first-order valence-corrected chi connectivity index (χ1v) is 4.95. The third-order valence-corrected chi connectivity index (χ3v) is 3.17. The molecule has 1 amide bonds. The van der Waals surface area contributed by atoms with E-state index in [1.165, 1.54) is 32.0 Å². The molecule has 3 saturated heterocycles. The van der Waals surface area contributed by atoms with E-state index in [2.05, 4.69) is 16.8 Å². The predicted molar refractivity (Wildman–Crippen MR) is 51.3 cm³/mol. The summed E-state index contributed by atoms with van der Waals surface area (Å²) in [5.74, 6) is 0.674. The minimum Gasteiger partial charge on any atom is -0.348 e. The fourth-order valence-corrected chi connectivity index (χ4v) is 2.37. The molecule has 3 rings (SSSR count). The van der Waals surface area contributed by atoms with E-state index in [0.29, 0.717) is 12.0 Å². The molecule has 0 aromatic carbocycles. The van der Waals surface area contributed by atoms with E-state index in [1.807, 2.05) is 0 Å². The minimum atomic E-state index is -0.0289. The molecule has 3 heterocycles. The van der Waals surface area contributed by atoms with E-state index < -0.39 is 0 Å². The van der Waals surface area contributed by atoms with Crippen molar-refractivity contribution in [2.45, 2.75) is 18.9 Å². The molecule has 3 heteroatoms. The van der Waals surface area contributed by atoms with Crippen LogP contribution in [0.1, 0.15) is 12.8 Å². The highest BCUT2D eigenvalue weighted by Crippen LogP contribution is 2.27. The average molecular weight is 180 g/mol. The van der Waals surface area contributed by atoms with Crippen molar-refractivity contribution in [3.63, 3.8) is 0 Å². The van der Waals surface area contributed by atoms with Crippen LogP contribution in [-0.4, -0.2) is 36.5 Å². The van der Waals surface area contributed by atoms with Crippen LogP contribution in [0.2, 0.25) is 0 Å². The summed E-state index contributed by atoms with van der Waals surface area (Å²) in [5, 5.41) is 3.00. The summed E-state index contributed by atoms with van der Waals surface area (Å²) in [5.41, 5.74) is 0. The normalized spacial score (nSPS) is 37.1. The Balaban J connectivity index is 1.93. The molecule has 0 saturated carbocycles. The fourth-order valence-electron chi connectivity index (χ4n) is 2.37. The summed E-state index contributed by atoms with van der Waals surface area (Å²) in [7, 11) is 0. The average Bonchev–Trinajstić information content (AvgIpc) is 2.19. The van der Waals surface area contributed by atoms with Crippen LogP contribution < -0.4 is 5.32 Å². The largest absolute Gasteiger partial charge is 0.348 e. The zero-order valence-corrected chi connectivity index (χ0v) is 7.83. The van der Waals surface area contributed by atoms with Crippen molar-refractivity contribution in [1.82, 2.24) is 10.2 Å². The number of fused-ring (bicyclic) bond motifs is 3. The van der Waals surface area contributed by atoms with Gasteiger partial charge in [-0.25, -0.2) is 0 Å². The molecule has 72 valence electrons. The molecule has 3 fully saturated rings. The van der Waals surface area contributed by atoms with E-state index in [-0.39, 0.29) is 5.91 Å². The van der Waals surface area contributed by atoms with Crippen LogP contribution in [-0.2, 0) is 4.79 Å². The van der Waals surface area contributed by atoms with Crippen molar-refractivity contribution in [3.05, 3.63) is 12.7 Å². The molecule has 0 aromatic rings. The lowest BCUT2D eigenvalue weighted by Crippen LogP contribution is -2.57. The smallest absolute Gasteiger partial charge is 0.243 e. The number of carbonyl (C=O) groups is 1. The molecule has 1 atom stereocenters. The molecule has 3 nitrogen and oxygen atoms in total. The van der Waals surface area contributed by atoms with Crippen molar-refractivity contribution in [2.24, 2.45) is 5.92 Å². The van der Waals surface area contributed by atoms with Crippen molar-refractivity contribution < 1.29 is 4.79 Å². The highest BCUT2D eigenvalue weighted by molar-refractivity contribution is 5.87. The van der Waals surface area contributed by atoms with Gasteiger partial charge in [-0.05, 0) is 37.9 Å². The Bertz CT molecular complexity index is 219. The van der Waals surface area contributed by atoms with Crippen LogP contribution in [0.4, 0.5) is 0 Å². The molecular formula is C10H16N2O. The molecule has 3 aliphatic rings. The van der Waals surface area contributed by atoms with Crippen LogP contribution in [0.3, 0.4) is 0 Å². The van der Waals surface area contributed by atoms with E-state index in [9.17, 15) is 4.79 Å². The van der Waals surface area contributed by atoms with Crippen LogP contribution in [0.15, 0.2) is 12.7 Å². The Morgan fingerprint density at radius 2 is 2.15 bits per heavy atom. The van der Waals surface area contributed by atoms with Gasteiger partial charge in [0.2, 0.25) is 5.91 Å². The molecule has 1 unspecified atom stereocenters. The molecule has 2 bridgehead atoms. The molecular weight excluding hydrogens is 164 g/mol. The van der Waals surface area contributed by atoms with Gasteiger partial charge < -0.3 is 10.2 Å². The van der Waals surface area contributed by atoms with Gasteiger partial charge in [-0.15, -0.1) is 0 Å². The van der Waals surface area contributed by atoms with Gasteiger partial charge in [0.1, 0.15) is 0 Å². The van der Waals surface area contributed by atoms with Gasteiger partial charge in [-0.1, -0.05) is 6.58 Å². The summed E-state index contributed by atoms with van der Waals surface area (Å²) in [6, 6.07) is 0.369. The van der Waals surface area contributed by atoms with Gasteiger partial charge in [0, 0.05) is 12.6 Å². The van der Waals surface area contributed by atoms with Crippen LogP contribution in [0.5, 0.6) is 0 Å². The molecule has 13 heavy (non-hydrogen) atoms. The van der Waals surface area contributed by atoms with Gasteiger partial charge in [0.15, 0.2) is 0 Å². The molecule has 0 aliphatic carbocycles. The molecule has 0 spiro atoms. The number of amides is 1. The zero-order valence-electron chi connectivity index (χ0n) is 7.83. The maximum absolute atomic E-state index is 11.1. The van der Waals surface area contributed by atoms with E-state index in [0.717, 1.165) is 6.54 Å². The van der Waals surface area contributed by atoms with Crippen molar-refractivity contribution in [2.75, 3.05) is 19.6 Å². The van der Waals surface area contributed by atoms with Gasteiger partial charge >= 0.3 is 0 Å². The number of hydrogen-bond acceptors (Lipinski definition) is 2. The zero-order chi connectivity index (χ0) is 9.26. The van der Waals surface area contributed by atoms with Crippen LogP contribution in [0.25, 0.3) is 0 Å². The lowest BCUT2D eigenvalue weighted by Gasteiger charge is -2.44. The molecule has 0 radical (unpaired) electrons. The minimum absolute atomic E-state index is 0.0289. The maximum Gasteiger partial charge on any atom is 0.243 e. The van der Waals surface area contributed by atoms with Crippen LogP contribution in [0, 0.1) is 5.92 Å². The first-order chi connectivity index (χ1) is 6.29. The fraction of sp³-hybridized carbons (Fsp3) is 0.700. The number of hydrogen-bond donors (Lipinski definition) is 1. The van der Waals surface area contributed by atoms with Gasteiger partial charge in [0.25, 0.3) is 0 Å². The Labute approximate surface area is 78.8 Å². The second-order valence-corrected chi connectivity index (χ2v) is 3.96. The SMILES string of the molecule is C=CC(=O)NC1CN2CCC1CC2. The third kappa shape index (κ3) is 1.75. The van der Waals surface area contributed by atoms with Gasteiger partial charge in [-0.2, -0.15) is 0 Å². The number of carbonyl (C=O) groups excluding carboxylic acids is 1. The first-order valence-electron chi connectivity index (χ1n) is 4.95. The highest BCUT2D eigenvalue weighted by Gasteiger charge is 2.34. The highest BCUT2D eigenvalue weighted by atomic mass is 16.1. The lowest BCUT2D eigenvalue weighted by atomic mass is 9.84. The van der Waals surface area contributed by atoms with Crippen LogP contribution >= 0.6 is 0 Å². The lowest BCUT2D eigenvalue weighted by molar-refractivity contribution is -0.118. The van der Waals surface area contributed by atoms with Crippen molar-refractivity contribution in [3.8, 4) is 0 Å². The van der Waals surface area contributed by atoms with Crippen molar-refractivity contribution >= 4 is 5.91 Å². The van der Waals surface area contributed by atoms with E-state index >= 15 is 0 Å². The standard InChI is InChI=1S/C10H16N2O/c1-2-10(13)11-9-7-12-5-3-8(9)4-6-12/h2,8-9H,1,3-7H2,(H,11,13). The summed E-state index contributed by atoms with van der Waals surface area (Å²) in [6.45, 7) is 6.92. The summed E-state index contributed by atoms with van der Waals surface area (Å²) in [4.78, 5) is 13.5. The third-order valence-electron chi connectivity index (χ3n) is 3.17. The second-order valence-electron chi connectivity index (χ2n) is 3.96. The van der Waals surface area contributed by atoms with E-state index in [1.54, 1.807) is 0 Å². The Morgan fingerprint density at radius 3 is 2.62 bits per heavy atom. The number of nitrogens with zero attached hydrogens (tertiary/aromatic N) is 1. The summed E-state index contributed by atoms with van der Waals surface area (Å²) >= 11 is 0. The van der Waals surface area contributed by atoms with Gasteiger partial charge in [0.05, 0.1) is 0 Å². The quantitative estimate of drug-likeness (QED) is 0.623. The van der Waals surface area contributed by atoms with E-state index in [4.69, 9.17) is 0 Å². The first kappa shape index (κ1) is 8.75. The number of piperidine rings is 3. The maximum atomic E-state index is 11.1. The Morgan fingerprint density at radius 1 is 1.46 bits per heavy atom. The monoisotopic (exact) mass is 180 g/mol. The van der Waals surface area contributed by atoms with Crippen molar-refractivity contribution in [1.29, 1.82) is 0 Å². The number of rotatable bonds is 2. The summed E-state index contributed by atoms with van der Waals surface area (Å²) in [6.07, 6.45) is 3.84. The predicted octanol–water partition coefficient (Wildman–Crippen LogP) is 0.383. The summed E-state index contributed by atoms with van der Waals surface area (Å²) < 4.78 is 0. The Hall–Kier alpha value is -0.830. The molecule has 1 N–H and O–H groups in total. The number of nitrogens with one attached hydrogen (secondary N) is 1. The molecule has 3 aliphatic heterocycles. The molecule has 0 aromatic heterocycles.